The van der Waals surface area contributed by atoms with E-state index in [4.69, 9.17) is 5.26 Å². The molecule has 2 aromatic rings. The summed E-state index contributed by atoms with van der Waals surface area (Å²) in [6.45, 7) is 6.76. The van der Waals surface area contributed by atoms with E-state index in [2.05, 4.69) is 74.6 Å². The topological polar surface area (TPSA) is 52.9 Å². The van der Waals surface area contributed by atoms with Crippen LogP contribution >= 0.6 is 0 Å². The van der Waals surface area contributed by atoms with Crippen LogP contribution in [0.15, 0.2) is 48.5 Å². The van der Waals surface area contributed by atoms with Crippen LogP contribution in [-0.4, -0.2) is 12.5 Å². The summed E-state index contributed by atoms with van der Waals surface area (Å²) in [5.74, 6) is 0.159. The predicted octanol–water partition coefficient (Wildman–Crippen LogP) is 5.56. The first-order valence-corrected chi connectivity index (χ1v) is 10.3. The molecule has 1 fully saturated rings. The van der Waals surface area contributed by atoms with E-state index in [9.17, 15) is 4.79 Å². The Kier molecular flexibility index (Phi) is 6.19. The lowest BCUT2D eigenvalue weighted by Crippen LogP contribution is -2.36. The lowest BCUT2D eigenvalue weighted by atomic mass is 9.73. The SMILES string of the molecule is CC(C)(C)c1ccc(-c2ccccc2C2CCCCC2C(=O)NCC#N)cc1. The van der Waals surface area contributed by atoms with Crippen molar-refractivity contribution < 1.29 is 4.79 Å². The van der Waals surface area contributed by atoms with Crippen molar-refractivity contribution in [2.75, 3.05) is 6.54 Å². The molecule has 0 radical (unpaired) electrons. The third-order valence-corrected chi connectivity index (χ3v) is 5.87. The number of benzene rings is 2. The Hall–Kier alpha value is -2.60. The van der Waals surface area contributed by atoms with Gasteiger partial charge in [0.25, 0.3) is 0 Å². The van der Waals surface area contributed by atoms with Crippen LogP contribution in [0.1, 0.15) is 63.5 Å². The minimum atomic E-state index is -0.0582. The Morgan fingerprint density at radius 2 is 1.75 bits per heavy atom. The average Bonchev–Trinajstić information content (AvgIpc) is 2.71. The zero-order chi connectivity index (χ0) is 20.1. The number of nitriles is 1. The molecule has 2 atom stereocenters. The van der Waals surface area contributed by atoms with Gasteiger partial charge in [-0.25, -0.2) is 0 Å². The Balaban J connectivity index is 1.94. The van der Waals surface area contributed by atoms with E-state index in [0.717, 1.165) is 25.7 Å². The molecule has 2 aromatic carbocycles. The lowest BCUT2D eigenvalue weighted by molar-refractivity contribution is -0.126. The standard InChI is InChI=1S/C25H30N2O/c1-25(2,3)19-14-12-18(13-15-19)20-8-4-5-9-21(20)22-10-6-7-11-23(22)24(28)27-17-16-26/h4-5,8-9,12-15,22-23H,6-7,10-11,17H2,1-3H3,(H,27,28). The number of hydrogen-bond acceptors (Lipinski definition) is 2. The largest absolute Gasteiger partial charge is 0.343 e. The van der Waals surface area contributed by atoms with E-state index in [1.807, 2.05) is 6.07 Å². The van der Waals surface area contributed by atoms with Gasteiger partial charge in [0.05, 0.1) is 6.07 Å². The van der Waals surface area contributed by atoms with Crippen LogP contribution in [0.4, 0.5) is 0 Å². The molecule has 0 bridgehead atoms. The molecule has 3 heteroatoms. The zero-order valence-electron chi connectivity index (χ0n) is 17.2. The Labute approximate surface area is 168 Å². The molecule has 1 amide bonds. The summed E-state index contributed by atoms with van der Waals surface area (Å²) in [6, 6.07) is 19.3. The first-order chi connectivity index (χ1) is 13.4. The summed E-state index contributed by atoms with van der Waals surface area (Å²) in [5.41, 5.74) is 5.12. The van der Waals surface area contributed by atoms with Crippen molar-refractivity contribution in [1.29, 1.82) is 5.26 Å². The van der Waals surface area contributed by atoms with Crippen LogP contribution < -0.4 is 5.32 Å². The normalized spacial score (nSPS) is 19.6. The molecular weight excluding hydrogens is 344 g/mol. The van der Waals surface area contributed by atoms with Crippen LogP contribution in [0.2, 0.25) is 0 Å². The second-order valence-corrected chi connectivity index (χ2v) is 8.79. The second kappa shape index (κ2) is 8.61. The summed E-state index contributed by atoms with van der Waals surface area (Å²) in [7, 11) is 0. The van der Waals surface area contributed by atoms with Gasteiger partial charge >= 0.3 is 0 Å². The molecule has 3 nitrogen and oxygen atoms in total. The predicted molar refractivity (Wildman–Crippen MR) is 114 cm³/mol. The summed E-state index contributed by atoms with van der Waals surface area (Å²) in [5, 5.41) is 11.6. The number of hydrogen-bond donors (Lipinski definition) is 1. The van der Waals surface area contributed by atoms with E-state index in [-0.39, 0.29) is 29.7 Å². The maximum atomic E-state index is 12.7. The van der Waals surface area contributed by atoms with Crippen LogP contribution in [0.25, 0.3) is 11.1 Å². The van der Waals surface area contributed by atoms with Crippen LogP contribution in [0.5, 0.6) is 0 Å². The van der Waals surface area contributed by atoms with Gasteiger partial charge < -0.3 is 5.32 Å². The van der Waals surface area contributed by atoms with E-state index >= 15 is 0 Å². The highest BCUT2D eigenvalue weighted by Gasteiger charge is 2.33. The maximum absolute atomic E-state index is 12.7. The number of amides is 1. The zero-order valence-corrected chi connectivity index (χ0v) is 17.2. The van der Waals surface area contributed by atoms with Gasteiger partial charge in [0.15, 0.2) is 0 Å². The van der Waals surface area contributed by atoms with Gasteiger partial charge in [-0.15, -0.1) is 0 Å². The van der Waals surface area contributed by atoms with Gasteiger partial charge in [0.1, 0.15) is 6.54 Å². The van der Waals surface area contributed by atoms with E-state index < -0.39 is 0 Å². The Bertz CT molecular complexity index is 855. The van der Waals surface area contributed by atoms with Crippen molar-refractivity contribution in [2.45, 2.75) is 57.8 Å². The monoisotopic (exact) mass is 374 g/mol. The molecule has 0 spiro atoms. The fourth-order valence-corrected chi connectivity index (χ4v) is 4.31. The second-order valence-electron chi connectivity index (χ2n) is 8.79. The smallest absolute Gasteiger partial charge is 0.224 e. The van der Waals surface area contributed by atoms with E-state index in [0.29, 0.717) is 0 Å². The highest BCUT2D eigenvalue weighted by Crippen LogP contribution is 2.42. The third kappa shape index (κ3) is 4.44. The molecule has 0 heterocycles. The molecular formula is C25H30N2O. The maximum Gasteiger partial charge on any atom is 0.224 e. The van der Waals surface area contributed by atoms with Crippen molar-refractivity contribution in [3.63, 3.8) is 0 Å². The highest BCUT2D eigenvalue weighted by atomic mass is 16.1. The van der Waals surface area contributed by atoms with Crippen molar-refractivity contribution in [3.05, 3.63) is 59.7 Å². The van der Waals surface area contributed by atoms with Crippen molar-refractivity contribution >= 4 is 5.91 Å². The fraction of sp³-hybridized carbons (Fsp3) is 0.440. The third-order valence-electron chi connectivity index (χ3n) is 5.87. The highest BCUT2D eigenvalue weighted by molar-refractivity contribution is 5.81. The molecule has 0 aromatic heterocycles. The van der Waals surface area contributed by atoms with Crippen LogP contribution in [0.3, 0.4) is 0 Å². The van der Waals surface area contributed by atoms with Crippen molar-refractivity contribution in [1.82, 2.24) is 5.32 Å². The molecule has 146 valence electrons. The van der Waals surface area contributed by atoms with Gasteiger partial charge in [-0.05, 0) is 46.4 Å². The summed E-state index contributed by atoms with van der Waals surface area (Å²) < 4.78 is 0. The summed E-state index contributed by atoms with van der Waals surface area (Å²) >= 11 is 0. The van der Waals surface area contributed by atoms with E-state index in [1.54, 1.807) is 0 Å². The van der Waals surface area contributed by atoms with Crippen molar-refractivity contribution in [3.8, 4) is 17.2 Å². The average molecular weight is 375 g/mol. The molecule has 28 heavy (non-hydrogen) atoms. The van der Waals surface area contributed by atoms with Gasteiger partial charge in [-0.2, -0.15) is 5.26 Å². The van der Waals surface area contributed by atoms with Gasteiger partial charge in [0, 0.05) is 5.92 Å². The van der Waals surface area contributed by atoms with Gasteiger partial charge in [0.2, 0.25) is 5.91 Å². The summed E-state index contributed by atoms with van der Waals surface area (Å²) in [4.78, 5) is 12.7. The van der Waals surface area contributed by atoms with Crippen LogP contribution in [-0.2, 0) is 10.2 Å². The molecule has 1 aliphatic carbocycles. The molecule has 1 aliphatic rings. The molecule has 1 saturated carbocycles. The molecule has 0 saturated heterocycles. The van der Waals surface area contributed by atoms with Gasteiger partial charge in [-0.3, -0.25) is 4.79 Å². The quantitative estimate of drug-likeness (QED) is 0.712. The molecule has 3 rings (SSSR count). The lowest BCUT2D eigenvalue weighted by Gasteiger charge is -2.32. The van der Waals surface area contributed by atoms with Crippen molar-refractivity contribution in [2.24, 2.45) is 5.92 Å². The number of carbonyl (C=O) groups excluding carboxylic acids is 1. The van der Waals surface area contributed by atoms with Gasteiger partial charge in [-0.1, -0.05) is 82.1 Å². The first kappa shape index (κ1) is 20.1. The first-order valence-electron chi connectivity index (χ1n) is 10.3. The number of nitrogens with one attached hydrogen (secondary N) is 1. The molecule has 0 aliphatic heterocycles. The molecule has 1 N–H and O–H groups in total. The van der Waals surface area contributed by atoms with Crippen LogP contribution in [0, 0.1) is 17.2 Å². The van der Waals surface area contributed by atoms with E-state index in [1.165, 1.54) is 22.3 Å². The summed E-state index contributed by atoms with van der Waals surface area (Å²) in [6.07, 6.45) is 4.12. The minimum Gasteiger partial charge on any atom is -0.343 e. The minimum absolute atomic E-state index is 0.0177. The number of carbonyl (C=O) groups is 1. The molecule has 2 unspecified atom stereocenters. The Morgan fingerprint density at radius 1 is 1.07 bits per heavy atom. The fourth-order valence-electron chi connectivity index (χ4n) is 4.31. The number of nitrogens with zero attached hydrogens (tertiary/aromatic N) is 1. The Morgan fingerprint density at radius 3 is 2.43 bits per heavy atom. The number of rotatable bonds is 4.